The van der Waals surface area contributed by atoms with E-state index in [1.54, 1.807) is 32.5 Å². The predicted molar refractivity (Wildman–Crippen MR) is 112 cm³/mol. The molecule has 1 saturated heterocycles. The summed E-state index contributed by atoms with van der Waals surface area (Å²) in [7, 11) is 3.19. The summed E-state index contributed by atoms with van der Waals surface area (Å²) in [4.78, 5) is 17.2. The zero-order valence-electron chi connectivity index (χ0n) is 17.0. The van der Waals surface area contributed by atoms with E-state index in [0.29, 0.717) is 40.8 Å². The Morgan fingerprint density at radius 2 is 2.03 bits per heavy atom. The van der Waals surface area contributed by atoms with Crippen molar-refractivity contribution in [2.45, 2.75) is 18.9 Å². The molecule has 3 aromatic rings. The standard InChI is InChI=1S/C23H24N2O5/c1-27-15-9-10-19(20(12-15)28-2)21-14-25-23(30-21)18-8-4-3-7-17(18)22(26)24-13-16-6-5-11-29-16/h3-4,7-10,12,14,16H,5-6,11,13H2,1-2H3,(H,24,26)/t16-/m0/s1. The first-order valence-corrected chi connectivity index (χ1v) is 9.87. The van der Waals surface area contributed by atoms with E-state index in [1.165, 1.54) is 0 Å². The monoisotopic (exact) mass is 408 g/mol. The quantitative estimate of drug-likeness (QED) is 0.638. The number of carbonyl (C=O) groups is 1. The molecule has 4 rings (SSSR count). The van der Waals surface area contributed by atoms with E-state index in [9.17, 15) is 4.79 Å². The number of oxazole rings is 1. The molecule has 30 heavy (non-hydrogen) atoms. The van der Waals surface area contributed by atoms with Crippen LogP contribution in [0.15, 0.2) is 53.1 Å². The van der Waals surface area contributed by atoms with Gasteiger partial charge in [-0.3, -0.25) is 4.79 Å². The number of ether oxygens (including phenoxy) is 3. The van der Waals surface area contributed by atoms with Gasteiger partial charge in [0, 0.05) is 24.8 Å². The van der Waals surface area contributed by atoms with E-state index in [0.717, 1.165) is 25.0 Å². The van der Waals surface area contributed by atoms with Crippen molar-refractivity contribution in [2.75, 3.05) is 27.4 Å². The van der Waals surface area contributed by atoms with E-state index >= 15 is 0 Å². The maximum Gasteiger partial charge on any atom is 0.252 e. The van der Waals surface area contributed by atoms with Gasteiger partial charge in [0.15, 0.2) is 5.76 Å². The third-order valence-corrected chi connectivity index (χ3v) is 5.10. The molecule has 1 atom stereocenters. The first-order valence-electron chi connectivity index (χ1n) is 9.87. The SMILES string of the molecule is COc1ccc(-c2cnc(-c3ccccc3C(=O)NC[C@@H]3CCCO3)o2)c(OC)c1. The molecule has 0 saturated carbocycles. The first-order chi connectivity index (χ1) is 14.7. The molecule has 156 valence electrons. The van der Waals surface area contributed by atoms with Crippen molar-refractivity contribution in [3.8, 4) is 34.3 Å². The van der Waals surface area contributed by atoms with Crippen LogP contribution in [-0.4, -0.2) is 44.4 Å². The first kappa shape index (κ1) is 20.0. The van der Waals surface area contributed by atoms with Gasteiger partial charge in [-0.25, -0.2) is 4.98 Å². The highest BCUT2D eigenvalue weighted by molar-refractivity contribution is 6.00. The Hall–Kier alpha value is -3.32. The van der Waals surface area contributed by atoms with E-state index in [1.807, 2.05) is 30.3 Å². The van der Waals surface area contributed by atoms with Crippen LogP contribution in [0.5, 0.6) is 11.5 Å². The van der Waals surface area contributed by atoms with Gasteiger partial charge in [-0.15, -0.1) is 0 Å². The average molecular weight is 408 g/mol. The third-order valence-electron chi connectivity index (χ3n) is 5.10. The van der Waals surface area contributed by atoms with Crippen LogP contribution in [0, 0.1) is 0 Å². The van der Waals surface area contributed by atoms with Crippen molar-refractivity contribution in [3.05, 3.63) is 54.2 Å². The minimum atomic E-state index is -0.178. The smallest absolute Gasteiger partial charge is 0.252 e. The Morgan fingerprint density at radius 1 is 1.17 bits per heavy atom. The third kappa shape index (κ3) is 4.16. The molecular formula is C23H24N2O5. The number of carbonyl (C=O) groups excluding carboxylic acids is 1. The molecule has 7 heteroatoms. The molecule has 1 aliphatic heterocycles. The van der Waals surface area contributed by atoms with Crippen molar-refractivity contribution in [2.24, 2.45) is 0 Å². The van der Waals surface area contributed by atoms with Gasteiger partial charge in [-0.1, -0.05) is 12.1 Å². The van der Waals surface area contributed by atoms with Gasteiger partial charge in [-0.2, -0.15) is 0 Å². The van der Waals surface area contributed by atoms with Crippen molar-refractivity contribution < 1.29 is 23.4 Å². The number of hydrogen-bond acceptors (Lipinski definition) is 6. The number of benzene rings is 2. The van der Waals surface area contributed by atoms with Crippen molar-refractivity contribution >= 4 is 5.91 Å². The predicted octanol–water partition coefficient (Wildman–Crippen LogP) is 3.93. The maximum absolute atomic E-state index is 12.8. The second kappa shape index (κ2) is 9.00. The Bertz CT molecular complexity index is 1020. The summed E-state index contributed by atoms with van der Waals surface area (Å²) >= 11 is 0. The van der Waals surface area contributed by atoms with Gasteiger partial charge in [0.1, 0.15) is 11.5 Å². The maximum atomic E-state index is 12.8. The minimum absolute atomic E-state index is 0.0805. The fourth-order valence-corrected chi connectivity index (χ4v) is 3.50. The highest BCUT2D eigenvalue weighted by atomic mass is 16.5. The molecule has 0 radical (unpaired) electrons. The lowest BCUT2D eigenvalue weighted by molar-refractivity contribution is 0.0858. The second-order valence-electron chi connectivity index (χ2n) is 6.99. The zero-order chi connectivity index (χ0) is 20.9. The topological polar surface area (TPSA) is 82.8 Å². The lowest BCUT2D eigenvalue weighted by Crippen LogP contribution is -2.32. The largest absolute Gasteiger partial charge is 0.497 e. The number of hydrogen-bond donors (Lipinski definition) is 1. The van der Waals surface area contributed by atoms with Crippen LogP contribution >= 0.6 is 0 Å². The number of nitrogens with one attached hydrogen (secondary N) is 1. The summed E-state index contributed by atoms with van der Waals surface area (Å²) in [6.07, 6.45) is 3.71. The van der Waals surface area contributed by atoms with Gasteiger partial charge in [0.2, 0.25) is 5.89 Å². The summed E-state index contributed by atoms with van der Waals surface area (Å²) in [6.45, 7) is 1.25. The molecule has 7 nitrogen and oxygen atoms in total. The number of methoxy groups -OCH3 is 2. The molecule has 0 spiro atoms. The number of amides is 1. The molecule has 1 aromatic heterocycles. The summed E-state index contributed by atoms with van der Waals surface area (Å²) in [5, 5.41) is 2.95. The van der Waals surface area contributed by atoms with Crippen LogP contribution < -0.4 is 14.8 Å². The molecule has 0 aliphatic carbocycles. The highest BCUT2D eigenvalue weighted by Gasteiger charge is 2.20. The molecule has 2 aromatic carbocycles. The van der Waals surface area contributed by atoms with Crippen LogP contribution in [-0.2, 0) is 4.74 Å². The van der Waals surface area contributed by atoms with Gasteiger partial charge in [-0.05, 0) is 37.1 Å². The second-order valence-corrected chi connectivity index (χ2v) is 6.99. The van der Waals surface area contributed by atoms with Gasteiger partial charge in [0.25, 0.3) is 5.91 Å². The molecule has 0 unspecified atom stereocenters. The molecule has 1 amide bonds. The van der Waals surface area contributed by atoms with E-state index in [4.69, 9.17) is 18.6 Å². The normalized spacial score (nSPS) is 15.7. The lowest BCUT2D eigenvalue weighted by Gasteiger charge is -2.12. The molecule has 2 heterocycles. The summed E-state index contributed by atoms with van der Waals surface area (Å²) in [6, 6.07) is 12.7. The number of aromatic nitrogens is 1. The van der Waals surface area contributed by atoms with E-state index in [-0.39, 0.29) is 12.0 Å². The summed E-state index contributed by atoms with van der Waals surface area (Å²) < 4.78 is 22.3. The van der Waals surface area contributed by atoms with E-state index < -0.39 is 0 Å². The Balaban J connectivity index is 1.59. The molecule has 1 fully saturated rings. The van der Waals surface area contributed by atoms with Crippen molar-refractivity contribution in [3.63, 3.8) is 0 Å². The van der Waals surface area contributed by atoms with Crippen LogP contribution in [0.2, 0.25) is 0 Å². The van der Waals surface area contributed by atoms with Crippen molar-refractivity contribution in [1.82, 2.24) is 10.3 Å². The van der Waals surface area contributed by atoms with Crippen molar-refractivity contribution in [1.29, 1.82) is 0 Å². The summed E-state index contributed by atoms with van der Waals surface area (Å²) in [5.41, 5.74) is 1.88. The highest BCUT2D eigenvalue weighted by Crippen LogP contribution is 2.35. The fourth-order valence-electron chi connectivity index (χ4n) is 3.50. The summed E-state index contributed by atoms with van der Waals surface area (Å²) in [5.74, 6) is 2.02. The minimum Gasteiger partial charge on any atom is -0.497 e. The van der Waals surface area contributed by atoms with Crippen LogP contribution in [0.3, 0.4) is 0 Å². The Labute approximate surface area is 175 Å². The number of rotatable bonds is 7. The molecule has 1 N–H and O–H groups in total. The van der Waals surface area contributed by atoms with Crippen LogP contribution in [0.1, 0.15) is 23.2 Å². The Kier molecular flexibility index (Phi) is 5.99. The Morgan fingerprint density at radius 3 is 2.80 bits per heavy atom. The van der Waals surface area contributed by atoms with Gasteiger partial charge in [0.05, 0.1) is 37.6 Å². The molecular weight excluding hydrogens is 384 g/mol. The molecule has 0 bridgehead atoms. The van der Waals surface area contributed by atoms with Gasteiger partial charge < -0.3 is 23.9 Å². The number of nitrogens with zero attached hydrogens (tertiary/aromatic N) is 1. The average Bonchev–Trinajstić information content (AvgIpc) is 3.49. The van der Waals surface area contributed by atoms with Crippen LogP contribution in [0.25, 0.3) is 22.8 Å². The van der Waals surface area contributed by atoms with Crippen LogP contribution in [0.4, 0.5) is 0 Å². The molecule has 1 aliphatic rings. The zero-order valence-corrected chi connectivity index (χ0v) is 17.0. The van der Waals surface area contributed by atoms with E-state index in [2.05, 4.69) is 10.3 Å². The lowest BCUT2D eigenvalue weighted by atomic mass is 10.1. The fraction of sp³-hybridized carbons (Fsp3) is 0.304. The van der Waals surface area contributed by atoms with Gasteiger partial charge >= 0.3 is 0 Å².